The second-order valence-electron chi connectivity index (χ2n) is 8.87. The molecule has 6 nitrogen and oxygen atoms in total. The van der Waals surface area contributed by atoms with E-state index in [1.54, 1.807) is 24.3 Å². The Hall–Kier alpha value is -4.06. The molecule has 0 aromatic heterocycles. The SMILES string of the molecule is CCCOc1cccc(/C(O)=C2/C(=O)C(=O)N(c3ccc(N(C)C)cc3)C2c2cccc(C)c2)c1. The number of ether oxygens (including phenoxy) is 1. The van der Waals surface area contributed by atoms with Crippen LogP contribution in [0, 0.1) is 6.92 Å². The maximum Gasteiger partial charge on any atom is 0.300 e. The molecule has 0 bridgehead atoms. The van der Waals surface area contributed by atoms with E-state index in [4.69, 9.17) is 4.74 Å². The summed E-state index contributed by atoms with van der Waals surface area (Å²) in [5.41, 5.74) is 3.79. The van der Waals surface area contributed by atoms with Gasteiger partial charge in [-0.25, -0.2) is 0 Å². The molecule has 0 spiro atoms. The fraction of sp³-hybridized carbons (Fsp3) is 0.241. The van der Waals surface area contributed by atoms with E-state index in [0.717, 1.165) is 23.2 Å². The van der Waals surface area contributed by atoms with Crippen molar-refractivity contribution in [3.8, 4) is 5.75 Å². The van der Waals surface area contributed by atoms with Crippen LogP contribution in [0.25, 0.3) is 5.76 Å². The number of Topliss-reactive ketones (excluding diaryl/α,β-unsaturated/α-hetero) is 1. The van der Waals surface area contributed by atoms with Crippen LogP contribution >= 0.6 is 0 Å². The van der Waals surface area contributed by atoms with E-state index >= 15 is 0 Å². The summed E-state index contributed by atoms with van der Waals surface area (Å²) in [6.07, 6.45) is 0.849. The minimum Gasteiger partial charge on any atom is -0.507 e. The lowest BCUT2D eigenvalue weighted by molar-refractivity contribution is -0.132. The molecule has 1 saturated heterocycles. The molecule has 1 unspecified atom stereocenters. The number of aryl methyl sites for hydroxylation is 1. The van der Waals surface area contributed by atoms with Gasteiger partial charge in [0.1, 0.15) is 11.5 Å². The lowest BCUT2D eigenvalue weighted by atomic mass is 9.94. The summed E-state index contributed by atoms with van der Waals surface area (Å²) in [4.78, 5) is 30.1. The summed E-state index contributed by atoms with van der Waals surface area (Å²) in [6.45, 7) is 4.51. The first-order chi connectivity index (χ1) is 16.8. The van der Waals surface area contributed by atoms with Crippen LogP contribution in [-0.2, 0) is 9.59 Å². The summed E-state index contributed by atoms with van der Waals surface area (Å²) >= 11 is 0. The van der Waals surface area contributed by atoms with Crippen molar-refractivity contribution in [2.45, 2.75) is 26.3 Å². The zero-order valence-electron chi connectivity index (χ0n) is 20.5. The fourth-order valence-electron chi connectivity index (χ4n) is 4.27. The van der Waals surface area contributed by atoms with Crippen molar-refractivity contribution in [1.29, 1.82) is 0 Å². The average Bonchev–Trinajstić information content (AvgIpc) is 3.12. The third-order valence-electron chi connectivity index (χ3n) is 6.03. The predicted octanol–water partition coefficient (Wildman–Crippen LogP) is 5.48. The van der Waals surface area contributed by atoms with E-state index in [2.05, 4.69) is 0 Å². The molecular weight excluding hydrogens is 440 g/mol. The highest BCUT2D eigenvalue weighted by Crippen LogP contribution is 2.42. The number of hydrogen-bond acceptors (Lipinski definition) is 5. The number of amides is 1. The zero-order chi connectivity index (χ0) is 25.1. The molecule has 1 fully saturated rings. The van der Waals surface area contributed by atoms with E-state index in [0.29, 0.717) is 23.6 Å². The van der Waals surface area contributed by atoms with Gasteiger partial charge < -0.3 is 14.7 Å². The maximum atomic E-state index is 13.4. The van der Waals surface area contributed by atoms with Gasteiger partial charge in [-0.1, -0.05) is 48.9 Å². The molecule has 180 valence electrons. The van der Waals surface area contributed by atoms with Gasteiger partial charge in [0.15, 0.2) is 0 Å². The van der Waals surface area contributed by atoms with Gasteiger partial charge in [0.2, 0.25) is 0 Å². The Bertz CT molecular complexity index is 1280. The molecule has 0 saturated carbocycles. The van der Waals surface area contributed by atoms with E-state index in [1.165, 1.54) is 4.90 Å². The molecule has 35 heavy (non-hydrogen) atoms. The normalized spacial score (nSPS) is 17.0. The number of benzene rings is 3. The molecule has 1 amide bonds. The van der Waals surface area contributed by atoms with Crippen LogP contribution in [-0.4, -0.2) is 37.5 Å². The zero-order valence-corrected chi connectivity index (χ0v) is 20.5. The average molecular weight is 471 g/mol. The second kappa shape index (κ2) is 10.1. The Morgan fingerprint density at radius 2 is 1.71 bits per heavy atom. The van der Waals surface area contributed by atoms with E-state index in [-0.39, 0.29) is 11.3 Å². The van der Waals surface area contributed by atoms with Gasteiger partial charge in [0.25, 0.3) is 11.7 Å². The van der Waals surface area contributed by atoms with Gasteiger partial charge in [0, 0.05) is 31.0 Å². The van der Waals surface area contributed by atoms with Gasteiger partial charge in [-0.2, -0.15) is 0 Å². The molecule has 3 aromatic carbocycles. The van der Waals surface area contributed by atoms with E-state index in [9.17, 15) is 14.7 Å². The van der Waals surface area contributed by atoms with Crippen molar-refractivity contribution in [3.63, 3.8) is 0 Å². The highest BCUT2D eigenvalue weighted by atomic mass is 16.5. The Morgan fingerprint density at radius 1 is 1.00 bits per heavy atom. The molecule has 1 N–H and O–H groups in total. The number of ketones is 1. The van der Waals surface area contributed by atoms with Gasteiger partial charge in [-0.3, -0.25) is 14.5 Å². The molecular formula is C29H30N2O4. The molecule has 3 aromatic rings. The van der Waals surface area contributed by atoms with Gasteiger partial charge in [-0.05, 0) is 55.3 Å². The van der Waals surface area contributed by atoms with E-state index < -0.39 is 17.7 Å². The molecule has 0 radical (unpaired) electrons. The van der Waals surface area contributed by atoms with Crippen LogP contribution in [0.3, 0.4) is 0 Å². The molecule has 4 rings (SSSR count). The third kappa shape index (κ3) is 4.78. The minimum absolute atomic E-state index is 0.0601. The molecule has 1 aliphatic rings. The molecule has 0 aliphatic carbocycles. The van der Waals surface area contributed by atoms with Crippen molar-refractivity contribution in [3.05, 3.63) is 95.1 Å². The molecule has 1 heterocycles. The van der Waals surface area contributed by atoms with Crippen LogP contribution in [0.4, 0.5) is 11.4 Å². The number of anilines is 2. The monoisotopic (exact) mass is 470 g/mol. The fourth-order valence-corrected chi connectivity index (χ4v) is 4.27. The van der Waals surface area contributed by atoms with Gasteiger partial charge >= 0.3 is 0 Å². The number of aliphatic hydroxyl groups is 1. The minimum atomic E-state index is -0.764. The first kappa shape index (κ1) is 24.1. The highest BCUT2D eigenvalue weighted by Gasteiger charge is 2.47. The van der Waals surface area contributed by atoms with Gasteiger partial charge in [0.05, 0.1) is 18.2 Å². The largest absolute Gasteiger partial charge is 0.507 e. The molecule has 1 atom stereocenters. The first-order valence-electron chi connectivity index (χ1n) is 11.7. The van der Waals surface area contributed by atoms with Crippen LogP contribution in [0.1, 0.15) is 36.1 Å². The highest BCUT2D eigenvalue weighted by molar-refractivity contribution is 6.51. The van der Waals surface area contributed by atoms with Crippen LogP contribution in [0.15, 0.2) is 78.4 Å². The summed E-state index contributed by atoms with van der Waals surface area (Å²) in [7, 11) is 3.87. The number of nitrogens with zero attached hydrogens (tertiary/aromatic N) is 2. The number of rotatable bonds is 7. The number of carbonyl (C=O) groups excluding carboxylic acids is 2. The topological polar surface area (TPSA) is 70.1 Å². The standard InChI is InChI=1S/C29H30N2O4/c1-5-16-35-24-11-7-10-21(18-24)27(32)25-26(20-9-6-8-19(2)17-20)31(29(34)28(25)33)23-14-12-22(13-15-23)30(3)4/h6-15,17-18,26,32H,5,16H2,1-4H3/b27-25-. The Morgan fingerprint density at radius 3 is 2.37 bits per heavy atom. The van der Waals surface area contributed by atoms with Gasteiger partial charge in [-0.15, -0.1) is 0 Å². The Labute approximate surface area is 206 Å². The second-order valence-corrected chi connectivity index (χ2v) is 8.87. The summed E-state index contributed by atoms with van der Waals surface area (Å²) < 4.78 is 5.70. The van der Waals surface area contributed by atoms with Crippen LogP contribution < -0.4 is 14.5 Å². The lowest BCUT2D eigenvalue weighted by Gasteiger charge is -2.26. The molecule has 6 heteroatoms. The van der Waals surface area contributed by atoms with Crippen molar-refractivity contribution in [1.82, 2.24) is 0 Å². The summed E-state index contributed by atoms with van der Waals surface area (Å²) in [6, 6.07) is 21.3. The smallest absolute Gasteiger partial charge is 0.300 e. The maximum absolute atomic E-state index is 13.4. The third-order valence-corrected chi connectivity index (χ3v) is 6.03. The van der Waals surface area contributed by atoms with Crippen molar-refractivity contribution in [2.24, 2.45) is 0 Å². The lowest BCUT2D eigenvalue weighted by Crippen LogP contribution is -2.29. The Kier molecular flexibility index (Phi) is 6.92. The number of carbonyl (C=O) groups is 2. The quantitative estimate of drug-likeness (QED) is 0.281. The van der Waals surface area contributed by atoms with Crippen LogP contribution in [0.2, 0.25) is 0 Å². The number of aliphatic hydroxyl groups excluding tert-OH is 1. The summed E-state index contributed by atoms with van der Waals surface area (Å²) in [5.74, 6) is -1.01. The Balaban J connectivity index is 1.87. The van der Waals surface area contributed by atoms with Crippen molar-refractivity contribution >= 4 is 28.8 Å². The van der Waals surface area contributed by atoms with Crippen molar-refractivity contribution < 1.29 is 19.4 Å². The van der Waals surface area contributed by atoms with E-state index in [1.807, 2.05) is 81.4 Å². The summed E-state index contributed by atoms with van der Waals surface area (Å²) in [5, 5.41) is 11.4. The first-order valence-corrected chi connectivity index (χ1v) is 11.7. The predicted molar refractivity (Wildman–Crippen MR) is 139 cm³/mol. The van der Waals surface area contributed by atoms with Crippen LogP contribution in [0.5, 0.6) is 5.75 Å². The number of hydrogen-bond donors (Lipinski definition) is 1. The molecule has 1 aliphatic heterocycles. The van der Waals surface area contributed by atoms with Crippen molar-refractivity contribution in [2.75, 3.05) is 30.5 Å².